The van der Waals surface area contributed by atoms with Crippen LogP contribution in [0.2, 0.25) is 0 Å². The van der Waals surface area contributed by atoms with Crippen molar-refractivity contribution in [1.29, 1.82) is 0 Å². The molecular weight excluding hydrogens is 669 g/mol. The molecule has 1 N–H and O–H groups in total. The van der Waals surface area contributed by atoms with Crippen LogP contribution < -0.4 is 35.2 Å². The fourth-order valence-electron chi connectivity index (χ4n) is 5.75. The number of hydrogen-bond acceptors (Lipinski definition) is 5. The fourth-order valence-corrected chi connectivity index (χ4v) is 5.75. The minimum absolute atomic E-state index is 0. The second-order valence-electron chi connectivity index (χ2n) is 12.2. The van der Waals surface area contributed by atoms with Gasteiger partial charge in [-0.2, -0.15) is 0 Å². The summed E-state index contributed by atoms with van der Waals surface area (Å²) in [6, 6.07) is 30.6. The van der Waals surface area contributed by atoms with E-state index in [4.69, 9.17) is 14.2 Å². The van der Waals surface area contributed by atoms with Crippen molar-refractivity contribution in [3.8, 4) is 0 Å². The molecule has 234 valence electrons. The first-order valence-corrected chi connectivity index (χ1v) is 14.9. The van der Waals surface area contributed by atoms with Gasteiger partial charge in [0.1, 0.15) is 17.9 Å². The molecule has 0 aliphatic carbocycles. The van der Waals surface area contributed by atoms with E-state index in [2.05, 4.69) is 62.5 Å². The van der Waals surface area contributed by atoms with E-state index >= 15 is 0 Å². The Bertz CT molecular complexity index is 1490. The average molecular weight is 712 g/mol. The predicted molar refractivity (Wildman–Crippen MR) is 167 cm³/mol. The summed E-state index contributed by atoms with van der Waals surface area (Å²) >= 11 is 0. The Labute approximate surface area is 276 Å². The molecular formula is C35H42IN3O5. The van der Waals surface area contributed by atoms with Gasteiger partial charge < -0.3 is 42.7 Å². The van der Waals surface area contributed by atoms with Crippen molar-refractivity contribution < 1.29 is 42.7 Å². The summed E-state index contributed by atoms with van der Waals surface area (Å²) in [4.78, 5) is 27.2. The standard InChI is InChI=1S/C35H41N3O5.HI/c1-26-24-37(34(40)36-33(26)39)32-23-30(41-22-14-21-38(2,3)4)31(43-32)25-42-35(27-15-8-5-9-16-27,28-17-10-6-11-18-28)29-19-12-7-13-20-29;/h5-13,15-20,24,30-32H,14,21-23,25H2,1-4H3;1H/t30-,31+,32+;/m0./s1. The zero-order valence-corrected chi connectivity index (χ0v) is 28.0. The first kappa shape index (κ1) is 33.8. The number of benzene rings is 3. The number of rotatable bonds is 12. The van der Waals surface area contributed by atoms with Crippen molar-refractivity contribution in [2.24, 2.45) is 0 Å². The monoisotopic (exact) mass is 711 g/mol. The number of nitrogens with zero attached hydrogens (tertiary/aromatic N) is 2. The highest BCUT2D eigenvalue weighted by atomic mass is 127. The van der Waals surface area contributed by atoms with Crippen molar-refractivity contribution >= 4 is 0 Å². The summed E-state index contributed by atoms with van der Waals surface area (Å²) in [5, 5.41) is 0. The van der Waals surface area contributed by atoms with Crippen LogP contribution in [0.25, 0.3) is 0 Å². The Morgan fingerprint density at radius 3 is 1.91 bits per heavy atom. The molecule has 0 amide bonds. The van der Waals surface area contributed by atoms with E-state index in [0.717, 1.165) is 34.1 Å². The molecule has 1 aromatic heterocycles. The smallest absolute Gasteiger partial charge is 0.330 e. The Morgan fingerprint density at radius 1 is 0.886 bits per heavy atom. The molecule has 0 radical (unpaired) electrons. The van der Waals surface area contributed by atoms with Crippen LogP contribution in [0.1, 0.15) is 41.3 Å². The molecule has 3 aromatic carbocycles. The van der Waals surface area contributed by atoms with Crippen LogP contribution in [-0.4, -0.2) is 67.1 Å². The third-order valence-corrected chi connectivity index (χ3v) is 7.95. The van der Waals surface area contributed by atoms with Gasteiger partial charge in [-0.25, -0.2) is 4.79 Å². The van der Waals surface area contributed by atoms with Gasteiger partial charge in [-0.15, -0.1) is 0 Å². The molecule has 44 heavy (non-hydrogen) atoms. The van der Waals surface area contributed by atoms with Gasteiger partial charge in [0.25, 0.3) is 5.56 Å². The Morgan fingerprint density at radius 2 is 1.41 bits per heavy atom. The lowest BCUT2D eigenvalue weighted by Crippen LogP contribution is -3.00. The van der Waals surface area contributed by atoms with Gasteiger partial charge in [-0.1, -0.05) is 91.0 Å². The van der Waals surface area contributed by atoms with E-state index < -0.39 is 29.2 Å². The number of quaternary nitrogens is 1. The van der Waals surface area contributed by atoms with E-state index in [1.807, 2.05) is 54.6 Å². The lowest BCUT2D eigenvalue weighted by atomic mass is 9.80. The van der Waals surface area contributed by atoms with Gasteiger partial charge >= 0.3 is 5.69 Å². The fraction of sp³-hybridized carbons (Fsp3) is 0.371. The molecule has 3 atom stereocenters. The number of nitrogens with one attached hydrogen (secondary N) is 1. The quantitative estimate of drug-likeness (QED) is 0.105. The van der Waals surface area contributed by atoms with Gasteiger partial charge in [0, 0.05) is 24.6 Å². The van der Waals surface area contributed by atoms with Gasteiger partial charge in [0.05, 0.1) is 47.0 Å². The largest absolute Gasteiger partial charge is 1.00 e. The second-order valence-corrected chi connectivity index (χ2v) is 12.2. The van der Waals surface area contributed by atoms with Crippen LogP contribution in [0.5, 0.6) is 0 Å². The molecule has 0 saturated carbocycles. The summed E-state index contributed by atoms with van der Waals surface area (Å²) in [6.07, 6.45) is 1.54. The Kier molecular flexibility index (Phi) is 11.4. The molecule has 1 aliphatic heterocycles. The van der Waals surface area contributed by atoms with E-state index in [9.17, 15) is 9.59 Å². The highest BCUT2D eigenvalue weighted by molar-refractivity contribution is 5.47. The minimum Gasteiger partial charge on any atom is -1.00 e. The SMILES string of the molecule is Cc1cn([C@H]2C[C@H](OCCC[N+](C)(C)C)[C@@H](COC(c3ccccc3)(c3ccccc3)c3ccccc3)O2)c(=O)[nH]c1=O.[I-]. The number of aryl methyl sites for hydroxylation is 1. The maximum atomic E-state index is 12.8. The molecule has 0 unspecified atom stereocenters. The maximum Gasteiger partial charge on any atom is 0.330 e. The zero-order chi connectivity index (χ0) is 30.5. The van der Waals surface area contributed by atoms with E-state index in [0.29, 0.717) is 18.6 Å². The summed E-state index contributed by atoms with van der Waals surface area (Å²) < 4.78 is 22.3. The third kappa shape index (κ3) is 7.76. The third-order valence-electron chi connectivity index (χ3n) is 7.95. The summed E-state index contributed by atoms with van der Waals surface area (Å²) in [7, 11) is 6.48. The molecule has 1 fully saturated rings. The number of hydrogen-bond donors (Lipinski definition) is 1. The van der Waals surface area contributed by atoms with Gasteiger partial charge in [-0.05, 0) is 23.6 Å². The van der Waals surface area contributed by atoms with Crippen molar-refractivity contribution in [2.75, 3.05) is 40.9 Å². The van der Waals surface area contributed by atoms with Crippen LogP contribution in [0.4, 0.5) is 0 Å². The molecule has 1 saturated heterocycles. The lowest BCUT2D eigenvalue weighted by molar-refractivity contribution is -0.870. The molecule has 2 heterocycles. The Balaban J connectivity index is 0.00000442. The highest BCUT2D eigenvalue weighted by Crippen LogP contribution is 2.41. The number of H-pyrrole nitrogens is 1. The number of aromatic amines is 1. The van der Waals surface area contributed by atoms with Crippen LogP contribution in [0.3, 0.4) is 0 Å². The Hall–Kier alpha value is -3.09. The minimum atomic E-state index is -0.912. The van der Waals surface area contributed by atoms with Crippen LogP contribution in [0, 0.1) is 6.92 Å². The zero-order valence-electron chi connectivity index (χ0n) is 25.8. The number of halogens is 1. The van der Waals surface area contributed by atoms with Crippen molar-refractivity contribution in [2.45, 2.75) is 43.8 Å². The topological polar surface area (TPSA) is 82.6 Å². The second kappa shape index (κ2) is 14.8. The summed E-state index contributed by atoms with van der Waals surface area (Å²) in [5.74, 6) is 0. The van der Waals surface area contributed by atoms with Crippen molar-refractivity contribution in [3.63, 3.8) is 0 Å². The van der Waals surface area contributed by atoms with Crippen LogP contribution >= 0.6 is 0 Å². The van der Waals surface area contributed by atoms with E-state index in [1.54, 1.807) is 13.1 Å². The molecule has 0 bridgehead atoms. The first-order chi connectivity index (χ1) is 20.7. The van der Waals surface area contributed by atoms with Gasteiger partial charge in [-0.3, -0.25) is 14.3 Å². The first-order valence-electron chi connectivity index (χ1n) is 14.9. The molecule has 5 rings (SSSR count). The van der Waals surface area contributed by atoms with Crippen LogP contribution in [-0.2, 0) is 19.8 Å². The summed E-state index contributed by atoms with van der Waals surface area (Å²) in [5.41, 5.74) is 1.62. The predicted octanol–water partition coefficient (Wildman–Crippen LogP) is 1.63. The van der Waals surface area contributed by atoms with Gasteiger partial charge in [0.15, 0.2) is 0 Å². The molecule has 9 heteroatoms. The average Bonchev–Trinajstić information content (AvgIpc) is 3.41. The van der Waals surface area contributed by atoms with Gasteiger partial charge in [0.2, 0.25) is 0 Å². The highest BCUT2D eigenvalue weighted by Gasteiger charge is 2.43. The summed E-state index contributed by atoms with van der Waals surface area (Å²) in [6.45, 7) is 3.42. The van der Waals surface area contributed by atoms with Crippen LogP contribution in [0.15, 0.2) is 107 Å². The molecule has 8 nitrogen and oxygen atoms in total. The maximum absolute atomic E-state index is 12.8. The van der Waals surface area contributed by atoms with E-state index in [1.165, 1.54) is 4.57 Å². The number of ether oxygens (including phenoxy) is 3. The normalized spacial score (nSPS) is 18.6. The van der Waals surface area contributed by atoms with E-state index in [-0.39, 0.29) is 36.7 Å². The van der Waals surface area contributed by atoms with Crippen molar-refractivity contribution in [1.82, 2.24) is 9.55 Å². The lowest BCUT2D eigenvalue weighted by Gasteiger charge is -2.37. The molecule has 4 aromatic rings. The van der Waals surface area contributed by atoms with Crippen molar-refractivity contribution in [3.05, 3.63) is 140 Å². The molecule has 0 spiro atoms. The number of aromatic nitrogens is 2. The molecule has 1 aliphatic rings.